The molecule has 1 rings (SSSR count). The van der Waals surface area contributed by atoms with Gasteiger partial charge in [-0.2, -0.15) is 0 Å². The zero-order valence-electron chi connectivity index (χ0n) is 9.74. The first-order valence-corrected chi connectivity index (χ1v) is 5.85. The van der Waals surface area contributed by atoms with Gasteiger partial charge in [0.05, 0.1) is 0 Å². The van der Waals surface area contributed by atoms with E-state index in [-0.39, 0.29) is 24.0 Å². The zero-order valence-corrected chi connectivity index (χ0v) is 13.7. The van der Waals surface area contributed by atoms with Gasteiger partial charge in [0.15, 0.2) is 5.96 Å². The van der Waals surface area contributed by atoms with Gasteiger partial charge in [0.25, 0.3) is 0 Å². The molecule has 0 atom stereocenters. The fraction of sp³-hybridized carbons (Fsp3) is 0.250. The summed E-state index contributed by atoms with van der Waals surface area (Å²) < 4.78 is 1.09. The van der Waals surface area contributed by atoms with Crippen molar-refractivity contribution < 1.29 is 0 Å². The average molecular weight is 410 g/mol. The van der Waals surface area contributed by atoms with Gasteiger partial charge in [-0.25, -0.2) is 0 Å². The molecule has 0 bridgehead atoms. The highest BCUT2D eigenvalue weighted by atomic mass is 127. The summed E-state index contributed by atoms with van der Waals surface area (Å²) in [6.07, 6.45) is 1.80. The second-order valence-corrected chi connectivity index (χ2v) is 4.14. The van der Waals surface area contributed by atoms with Gasteiger partial charge in [-0.15, -0.1) is 30.6 Å². The van der Waals surface area contributed by atoms with Crippen LogP contribution in [0.4, 0.5) is 0 Å². The van der Waals surface area contributed by atoms with E-state index in [1.165, 1.54) is 5.56 Å². The molecule has 0 saturated heterocycles. The van der Waals surface area contributed by atoms with E-state index in [0.29, 0.717) is 6.54 Å². The molecule has 2 N–H and O–H groups in total. The molecular formula is C12H17BrIN3. The van der Waals surface area contributed by atoms with Gasteiger partial charge < -0.3 is 10.6 Å². The summed E-state index contributed by atoms with van der Waals surface area (Å²) in [5, 5.41) is 6.33. The number of benzene rings is 1. The van der Waals surface area contributed by atoms with Gasteiger partial charge in [-0.3, -0.25) is 4.99 Å². The monoisotopic (exact) mass is 409 g/mol. The first kappa shape index (κ1) is 16.4. The molecular weight excluding hydrogens is 393 g/mol. The van der Waals surface area contributed by atoms with Crippen molar-refractivity contribution >= 4 is 45.9 Å². The Bertz CT molecular complexity index is 363. The molecule has 5 heteroatoms. The van der Waals surface area contributed by atoms with Crippen LogP contribution in [0.2, 0.25) is 0 Å². The number of nitrogens with one attached hydrogen (secondary N) is 2. The lowest BCUT2D eigenvalue weighted by Gasteiger charge is -2.10. The van der Waals surface area contributed by atoms with Gasteiger partial charge in [0, 0.05) is 24.6 Å². The van der Waals surface area contributed by atoms with E-state index in [4.69, 9.17) is 0 Å². The van der Waals surface area contributed by atoms with Gasteiger partial charge in [0.2, 0.25) is 0 Å². The van der Waals surface area contributed by atoms with Crippen LogP contribution in [0.15, 0.2) is 46.4 Å². The summed E-state index contributed by atoms with van der Waals surface area (Å²) in [6, 6.07) is 8.18. The molecule has 3 nitrogen and oxygen atoms in total. The highest BCUT2D eigenvalue weighted by Crippen LogP contribution is 2.09. The summed E-state index contributed by atoms with van der Waals surface area (Å²) in [5.41, 5.74) is 1.21. The fourth-order valence-electron chi connectivity index (χ4n) is 1.18. The van der Waals surface area contributed by atoms with Crippen molar-refractivity contribution in [2.75, 3.05) is 13.6 Å². The summed E-state index contributed by atoms with van der Waals surface area (Å²) in [7, 11) is 1.75. The van der Waals surface area contributed by atoms with Crippen LogP contribution in [0.5, 0.6) is 0 Å². The third-order valence-corrected chi connectivity index (χ3v) is 2.54. The maximum absolute atomic E-state index is 4.10. The Morgan fingerprint density at radius 1 is 1.35 bits per heavy atom. The lowest BCUT2D eigenvalue weighted by atomic mass is 10.2. The molecule has 0 radical (unpaired) electrons. The molecule has 1 aromatic rings. The highest BCUT2D eigenvalue weighted by Gasteiger charge is 1.96. The van der Waals surface area contributed by atoms with E-state index in [2.05, 4.69) is 50.3 Å². The van der Waals surface area contributed by atoms with Gasteiger partial charge in [-0.1, -0.05) is 34.1 Å². The van der Waals surface area contributed by atoms with Crippen LogP contribution in [-0.4, -0.2) is 19.6 Å². The predicted octanol–water partition coefficient (Wildman–Crippen LogP) is 2.92. The van der Waals surface area contributed by atoms with E-state index < -0.39 is 0 Å². The Morgan fingerprint density at radius 2 is 2.00 bits per heavy atom. The van der Waals surface area contributed by atoms with Crippen LogP contribution in [0, 0.1) is 0 Å². The minimum Gasteiger partial charge on any atom is -0.353 e. The molecule has 0 fully saturated rings. The maximum atomic E-state index is 4.10. The largest absolute Gasteiger partial charge is 0.353 e. The lowest BCUT2D eigenvalue weighted by molar-refractivity contribution is 0.847. The molecule has 0 aliphatic rings. The van der Waals surface area contributed by atoms with Crippen molar-refractivity contribution in [2.45, 2.75) is 6.54 Å². The van der Waals surface area contributed by atoms with Crippen molar-refractivity contribution in [1.29, 1.82) is 0 Å². The summed E-state index contributed by atoms with van der Waals surface area (Å²) in [5.74, 6) is 0.780. The van der Waals surface area contributed by atoms with Gasteiger partial charge in [0.1, 0.15) is 0 Å². The minimum absolute atomic E-state index is 0. The van der Waals surface area contributed by atoms with Gasteiger partial charge >= 0.3 is 0 Å². The van der Waals surface area contributed by atoms with Crippen LogP contribution < -0.4 is 10.6 Å². The second-order valence-electron chi connectivity index (χ2n) is 3.22. The Balaban J connectivity index is 0.00000256. The van der Waals surface area contributed by atoms with Crippen LogP contribution in [0.1, 0.15) is 5.56 Å². The number of hydrogen-bond donors (Lipinski definition) is 2. The minimum atomic E-state index is 0. The van der Waals surface area contributed by atoms with Crippen LogP contribution in [0.25, 0.3) is 0 Å². The van der Waals surface area contributed by atoms with E-state index in [9.17, 15) is 0 Å². The molecule has 0 spiro atoms. The topological polar surface area (TPSA) is 36.4 Å². The fourth-order valence-corrected chi connectivity index (χ4v) is 1.44. The number of guanidine groups is 1. The zero-order chi connectivity index (χ0) is 11.8. The van der Waals surface area contributed by atoms with E-state index in [1.54, 1.807) is 13.1 Å². The highest BCUT2D eigenvalue weighted by molar-refractivity contribution is 14.0. The van der Waals surface area contributed by atoms with Crippen molar-refractivity contribution in [1.82, 2.24) is 10.6 Å². The van der Waals surface area contributed by atoms with Crippen LogP contribution >= 0.6 is 39.9 Å². The molecule has 0 aliphatic heterocycles. The third kappa shape index (κ3) is 6.68. The Labute approximate surface area is 128 Å². The first-order valence-electron chi connectivity index (χ1n) is 5.06. The number of hydrogen-bond acceptors (Lipinski definition) is 1. The van der Waals surface area contributed by atoms with Gasteiger partial charge in [-0.05, 0) is 17.7 Å². The molecule has 17 heavy (non-hydrogen) atoms. The number of aliphatic imine (C=N–C) groups is 1. The SMILES string of the molecule is C=CCNC(=NC)NCc1ccc(Br)cc1.I. The number of halogens is 2. The standard InChI is InChI=1S/C12H16BrN3.HI/c1-3-8-15-12(14-2)16-9-10-4-6-11(13)7-5-10;/h3-7H,1,8-9H2,2H3,(H2,14,15,16);1H. The van der Waals surface area contributed by atoms with E-state index in [1.807, 2.05) is 12.1 Å². The van der Waals surface area contributed by atoms with Crippen LogP contribution in [0.3, 0.4) is 0 Å². The Morgan fingerprint density at radius 3 is 2.53 bits per heavy atom. The molecule has 0 unspecified atom stereocenters. The number of rotatable bonds is 4. The molecule has 94 valence electrons. The van der Waals surface area contributed by atoms with Crippen molar-refractivity contribution in [3.63, 3.8) is 0 Å². The molecule has 0 aliphatic carbocycles. The number of nitrogens with zero attached hydrogens (tertiary/aromatic N) is 1. The summed E-state index contributed by atoms with van der Waals surface area (Å²) in [4.78, 5) is 4.10. The average Bonchev–Trinajstić information content (AvgIpc) is 2.32. The molecule has 0 saturated carbocycles. The summed E-state index contributed by atoms with van der Waals surface area (Å²) >= 11 is 3.41. The molecule has 0 aromatic heterocycles. The Kier molecular flexibility index (Phi) is 9.16. The smallest absolute Gasteiger partial charge is 0.191 e. The molecule has 0 heterocycles. The van der Waals surface area contributed by atoms with E-state index in [0.717, 1.165) is 17.0 Å². The molecule has 1 aromatic carbocycles. The predicted molar refractivity (Wildman–Crippen MR) is 88.0 cm³/mol. The third-order valence-electron chi connectivity index (χ3n) is 2.01. The van der Waals surface area contributed by atoms with E-state index >= 15 is 0 Å². The quantitative estimate of drug-likeness (QED) is 0.347. The normalized spacial score (nSPS) is 10.4. The van der Waals surface area contributed by atoms with Crippen LogP contribution in [-0.2, 0) is 6.54 Å². The molecule has 0 amide bonds. The van der Waals surface area contributed by atoms with Crippen molar-refractivity contribution in [3.8, 4) is 0 Å². The second kappa shape index (κ2) is 9.47. The van der Waals surface area contributed by atoms with Crippen molar-refractivity contribution in [2.24, 2.45) is 4.99 Å². The van der Waals surface area contributed by atoms with Crippen molar-refractivity contribution in [3.05, 3.63) is 47.0 Å². The first-order chi connectivity index (χ1) is 7.76. The summed E-state index contributed by atoms with van der Waals surface area (Å²) in [6.45, 7) is 5.11. The maximum Gasteiger partial charge on any atom is 0.191 e. The Hall–Kier alpha value is -0.560. The lowest BCUT2D eigenvalue weighted by Crippen LogP contribution is -2.36.